The number of carbonyl (C=O) groups excluding carboxylic acids is 1. The summed E-state index contributed by atoms with van der Waals surface area (Å²) in [6, 6.07) is 11.8. The van der Waals surface area contributed by atoms with Crippen LogP contribution in [0.5, 0.6) is 5.75 Å². The summed E-state index contributed by atoms with van der Waals surface area (Å²) in [6.45, 7) is 1.13. The minimum atomic E-state index is -0.293. The van der Waals surface area contributed by atoms with E-state index in [0.717, 1.165) is 15.6 Å². The third-order valence-electron chi connectivity index (χ3n) is 3.93. The lowest BCUT2D eigenvalue weighted by atomic mass is 10.2. The van der Waals surface area contributed by atoms with Gasteiger partial charge in [0.2, 0.25) is 0 Å². The van der Waals surface area contributed by atoms with Gasteiger partial charge in [-0.3, -0.25) is 9.69 Å². The molecule has 0 atom stereocenters. The molecule has 1 aliphatic rings. The standard InChI is InChI=1S/C20H17BrFNO3S2/c1-25-8-7-23-19(24)18(28-20(23)27)11-13-5-6-17(16(21)10-13)26-12-14-3-2-4-15(22)9-14/h2-6,9-11H,7-8,12H2,1H3. The molecule has 2 aromatic rings. The van der Waals surface area contributed by atoms with E-state index in [4.69, 9.17) is 21.7 Å². The second-order valence-electron chi connectivity index (χ2n) is 5.93. The molecule has 4 nitrogen and oxygen atoms in total. The smallest absolute Gasteiger partial charge is 0.266 e. The van der Waals surface area contributed by atoms with Crippen LogP contribution in [0.3, 0.4) is 0 Å². The molecular formula is C20H17BrFNO3S2. The van der Waals surface area contributed by atoms with Crippen LogP contribution in [0.25, 0.3) is 6.08 Å². The van der Waals surface area contributed by atoms with Crippen molar-refractivity contribution in [2.45, 2.75) is 6.61 Å². The molecule has 3 rings (SSSR count). The number of halogens is 2. The van der Waals surface area contributed by atoms with Gasteiger partial charge in [0.05, 0.1) is 22.5 Å². The molecule has 8 heteroatoms. The highest BCUT2D eigenvalue weighted by Gasteiger charge is 2.31. The summed E-state index contributed by atoms with van der Waals surface area (Å²) < 4.78 is 25.3. The number of benzene rings is 2. The van der Waals surface area contributed by atoms with Crippen molar-refractivity contribution in [3.63, 3.8) is 0 Å². The Bertz CT molecular complexity index is 935. The van der Waals surface area contributed by atoms with Gasteiger partial charge >= 0.3 is 0 Å². The zero-order valence-corrected chi connectivity index (χ0v) is 18.2. The topological polar surface area (TPSA) is 38.8 Å². The van der Waals surface area contributed by atoms with Gasteiger partial charge in [-0.25, -0.2) is 4.39 Å². The lowest BCUT2D eigenvalue weighted by molar-refractivity contribution is -0.122. The van der Waals surface area contributed by atoms with E-state index < -0.39 is 0 Å². The Morgan fingerprint density at radius 3 is 2.82 bits per heavy atom. The van der Waals surface area contributed by atoms with Gasteiger partial charge in [0.25, 0.3) is 5.91 Å². The van der Waals surface area contributed by atoms with Crippen molar-refractivity contribution in [1.82, 2.24) is 4.90 Å². The van der Waals surface area contributed by atoms with Crippen LogP contribution in [0, 0.1) is 5.82 Å². The number of nitrogens with zero attached hydrogens (tertiary/aromatic N) is 1. The van der Waals surface area contributed by atoms with Gasteiger partial charge in [-0.1, -0.05) is 42.2 Å². The predicted octanol–water partition coefficient (Wildman–Crippen LogP) is 5.01. The number of carbonyl (C=O) groups is 1. The van der Waals surface area contributed by atoms with E-state index in [1.807, 2.05) is 12.1 Å². The van der Waals surface area contributed by atoms with E-state index in [1.54, 1.807) is 36.3 Å². The monoisotopic (exact) mass is 481 g/mol. The number of thioether (sulfide) groups is 1. The van der Waals surface area contributed by atoms with Crippen molar-refractivity contribution in [2.75, 3.05) is 20.3 Å². The molecule has 1 heterocycles. The Morgan fingerprint density at radius 2 is 2.11 bits per heavy atom. The Balaban J connectivity index is 1.69. The third kappa shape index (κ3) is 5.20. The molecule has 2 aromatic carbocycles. The molecule has 0 bridgehead atoms. The molecule has 0 radical (unpaired) electrons. The lowest BCUT2D eigenvalue weighted by Gasteiger charge is -2.13. The van der Waals surface area contributed by atoms with Gasteiger partial charge in [0.15, 0.2) is 0 Å². The zero-order valence-electron chi connectivity index (χ0n) is 15.0. The highest BCUT2D eigenvalue weighted by Crippen LogP contribution is 2.34. The van der Waals surface area contributed by atoms with Gasteiger partial charge < -0.3 is 9.47 Å². The second-order valence-corrected chi connectivity index (χ2v) is 8.46. The molecule has 28 heavy (non-hydrogen) atoms. The maximum Gasteiger partial charge on any atom is 0.266 e. The number of rotatable bonds is 7. The van der Waals surface area contributed by atoms with E-state index in [2.05, 4.69) is 15.9 Å². The molecule has 1 aliphatic heterocycles. The molecule has 0 saturated carbocycles. The molecule has 0 aliphatic carbocycles. The minimum Gasteiger partial charge on any atom is -0.488 e. The summed E-state index contributed by atoms with van der Waals surface area (Å²) in [7, 11) is 1.59. The number of methoxy groups -OCH3 is 1. The quantitative estimate of drug-likeness (QED) is 0.410. The third-order valence-corrected chi connectivity index (χ3v) is 5.93. The Morgan fingerprint density at radius 1 is 1.29 bits per heavy atom. The number of ether oxygens (including phenoxy) is 2. The van der Waals surface area contributed by atoms with E-state index in [-0.39, 0.29) is 18.3 Å². The Hall–Kier alpha value is -1.74. The van der Waals surface area contributed by atoms with Crippen molar-refractivity contribution >= 4 is 56.2 Å². The Labute approximate surface area is 180 Å². The first kappa shape index (κ1) is 21.0. The van der Waals surface area contributed by atoms with E-state index in [9.17, 15) is 9.18 Å². The summed E-state index contributed by atoms with van der Waals surface area (Å²) in [6.07, 6.45) is 1.80. The first-order valence-electron chi connectivity index (χ1n) is 8.39. The van der Waals surface area contributed by atoms with Crippen LogP contribution in [0.1, 0.15) is 11.1 Å². The van der Waals surface area contributed by atoms with E-state index >= 15 is 0 Å². The average Bonchev–Trinajstić information content (AvgIpc) is 2.92. The predicted molar refractivity (Wildman–Crippen MR) is 117 cm³/mol. The fourth-order valence-corrected chi connectivity index (χ4v) is 4.36. The van der Waals surface area contributed by atoms with Crippen molar-refractivity contribution in [2.24, 2.45) is 0 Å². The second kappa shape index (κ2) is 9.65. The molecule has 1 fully saturated rings. The largest absolute Gasteiger partial charge is 0.488 e. The van der Waals surface area contributed by atoms with Gasteiger partial charge in [-0.2, -0.15) is 0 Å². The molecule has 1 amide bonds. The minimum absolute atomic E-state index is 0.116. The van der Waals surface area contributed by atoms with Gasteiger partial charge in [0.1, 0.15) is 22.5 Å². The molecule has 0 unspecified atom stereocenters. The summed E-state index contributed by atoms with van der Waals surface area (Å²) in [4.78, 5) is 14.6. The van der Waals surface area contributed by atoms with Gasteiger partial charge in [-0.15, -0.1) is 0 Å². The fourth-order valence-electron chi connectivity index (χ4n) is 2.54. The lowest BCUT2D eigenvalue weighted by Crippen LogP contribution is -2.31. The van der Waals surface area contributed by atoms with Crippen LogP contribution in [-0.4, -0.2) is 35.4 Å². The van der Waals surface area contributed by atoms with Crippen molar-refractivity contribution < 1.29 is 18.7 Å². The Kier molecular flexibility index (Phi) is 7.23. The van der Waals surface area contributed by atoms with Crippen molar-refractivity contribution in [3.8, 4) is 5.75 Å². The normalized spacial score (nSPS) is 15.5. The highest BCUT2D eigenvalue weighted by molar-refractivity contribution is 9.10. The molecule has 0 spiro atoms. The maximum atomic E-state index is 13.3. The first-order chi connectivity index (χ1) is 13.5. The SMILES string of the molecule is COCCN1C(=O)C(=Cc2ccc(OCc3cccc(F)c3)c(Br)c2)SC1=S. The van der Waals surface area contributed by atoms with E-state index in [1.165, 1.54) is 23.9 Å². The number of thiocarbonyl (C=S) groups is 1. The van der Waals surface area contributed by atoms with Crippen LogP contribution in [0.15, 0.2) is 51.8 Å². The molecule has 146 valence electrons. The first-order valence-corrected chi connectivity index (χ1v) is 10.4. The van der Waals surface area contributed by atoms with Crippen LogP contribution < -0.4 is 4.74 Å². The number of hydrogen-bond donors (Lipinski definition) is 0. The molecule has 1 saturated heterocycles. The van der Waals surface area contributed by atoms with Crippen LogP contribution in [0.4, 0.5) is 4.39 Å². The van der Waals surface area contributed by atoms with Gasteiger partial charge in [0, 0.05) is 7.11 Å². The summed E-state index contributed by atoms with van der Waals surface area (Å²) >= 11 is 10.0. The van der Waals surface area contributed by atoms with Crippen molar-refractivity contribution in [1.29, 1.82) is 0 Å². The molecule has 0 aromatic heterocycles. The fraction of sp³-hybridized carbons (Fsp3) is 0.200. The summed E-state index contributed by atoms with van der Waals surface area (Å²) in [5, 5.41) is 0. The van der Waals surface area contributed by atoms with Crippen molar-refractivity contribution in [3.05, 3.63) is 68.8 Å². The number of amides is 1. The number of hydrogen-bond acceptors (Lipinski definition) is 5. The molecule has 0 N–H and O–H groups in total. The molecular weight excluding hydrogens is 465 g/mol. The van der Waals surface area contributed by atoms with Crippen LogP contribution in [0.2, 0.25) is 0 Å². The van der Waals surface area contributed by atoms with Crippen LogP contribution in [-0.2, 0) is 16.1 Å². The maximum absolute atomic E-state index is 13.3. The summed E-state index contributed by atoms with van der Waals surface area (Å²) in [5.41, 5.74) is 1.59. The van der Waals surface area contributed by atoms with Crippen LogP contribution >= 0.6 is 39.9 Å². The van der Waals surface area contributed by atoms with E-state index in [0.29, 0.717) is 28.1 Å². The summed E-state index contributed by atoms with van der Waals surface area (Å²) in [5.74, 6) is 0.224. The highest BCUT2D eigenvalue weighted by atomic mass is 79.9. The zero-order chi connectivity index (χ0) is 20.1. The van der Waals surface area contributed by atoms with Gasteiger partial charge in [-0.05, 0) is 57.4 Å². The average molecular weight is 482 g/mol.